The lowest BCUT2D eigenvalue weighted by Gasteiger charge is -2.41. The zero-order chi connectivity index (χ0) is 84.0. The average molecular weight is 1600 g/mol. The molecule has 30 heteroatoms. The number of aliphatic hydroxyl groups is 8. The maximum atomic E-state index is 12.2. The molecule has 111 heavy (non-hydrogen) atoms. The SMILES string of the molecule is C.CC(C)(C)Nc1cc(COP(=O)(O)OC(C)(C)C)ccc1OC1OC(C(=O)O)C(O)C(O)C1O.CC(C)(C)Nc1ccc(COC(C)(C)C)cc1.CC1C(O)C(CO)OC(Oc2ccc(COC(C)(C)C)cc2NC(C)(C)C)C1O.CC1C(O)C(Oc2ccc(COC(C)(C)C)cc2NC(C)(C)C)OC(C(=O)O)C1O. The Morgan fingerprint density at radius 3 is 1.05 bits per heavy atom. The molecule has 4 aromatic rings. The summed E-state index contributed by atoms with van der Waals surface area (Å²) in [6.07, 6.45) is -17.8. The van der Waals surface area contributed by atoms with Gasteiger partial charge < -0.3 is 120 Å². The zero-order valence-corrected chi connectivity index (χ0v) is 70.2. The standard InChI is InChI=1S/C22H35NO7.C22H37NO6.C21H34NO11P.C15H25NO.CH4/c1-12-16(24)18(19(26)27)30-20(17(12)25)29-15-9-8-13(11-28-22(5,6)7)10-14(15)23-21(2,3)4;1-13-18(25)17(11-24)29-20(19(13)26)28-16-9-8-14(12-27-22(5,6)7)10-15(16)23-21(2,3)4;1-20(2,3)22-12-9-11(10-30-34(28,29)33-21(4,5)6)7-8-13(12)31-19-16(25)14(23)15(24)17(32-19)18(26)27;1-14(2,3)16-13-9-7-12(8-10-13)11-17-15(4,5)6;/h8-10,12,16-18,20,23-25H,11H2,1-7H3,(H,26,27);8-10,13,17-20,23-26H,11-12H2,1-7H3;7-9,14-17,19,22-25H,10H2,1-6H3,(H,26,27)(H,28,29);7-10,16H,11H2,1-6H3;1H4. The van der Waals surface area contributed by atoms with Gasteiger partial charge in [0.15, 0.2) is 12.2 Å². The van der Waals surface area contributed by atoms with Crippen LogP contribution in [0.15, 0.2) is 78.9 Å². The van der Waals surface area contributed by atoms with Crippen molar-refractivity contribution < 1.29 is 122 Å². The Kier molecular flexibility index (Phi) is 36.2. The number of carboxylic acid groups (broad SMARTS) is 2. The van der Waals surface area contributed by atoms with Gasteiger partial charge in [-0.05, 0) is 237 Å². The number of aliphatic hydroxyl groups excluding tert-OH is 8. The summed E-state index contributed by atoms with van der Waals surface area (Å²) in [5, 5.41) is 113. The van der Waals surface area contributed by atoms with Gasteiger partial charge in [0.05, 0.1) is 84.7 Å². The van der Waals surface area contributed by atoms with E-state index in [0.717, 1.165) is 22.5 Å². The lowest BCUT2D eigenvalue weighted by Crippen LogP contribution is -2.61. The minimum atomic E-state index is -4.33. The third-order valence-corrected chi connectivity index (χ3v) is 17.1. The maximum absolute atomic E-state index is 12.2. The van der Waals surface area contributed by atoms with E-state index >= 15 is 0 Å². The van der Waals surface area contributed by atoms with Crippen molar-refractivity contribution in [3.05, 3.63) is 101 Å². The number of nitrogens with one attached hydrogen (secondary N) is 4. The lowest BCUT2D eigenvalue weighted by atomic mass is 9.90. The van der Waals surface area contributed by atoms with Gasteiger partial charge in [-0.1, -0.05) is 51.6 Å². The van der Waals surface area contributed by atoms with Crippen molar-refractivity contribution in [3.8, 4) is 17.2 Å². The number of ether oxygens (including phenoxy) is 9. The van der Waals surface area contributed by atoms with Crippen LogP contribution >= 0.6 is 7.82 Å². The molecule has 4 aromatic carbocycles. The molecule has 634 valence electrons. The van der Waals surface area contributed by atoms with Crippen LogP contribution in [0, 0.1) is 11.8 Å². The molecule has 0 aromatic heterocycles. The number of benzene rings is 4. The van der Waals surface area contributed by atoms with Crippen LogP contribution in [0.4, 0.5) is 22.7 Å². The first-order valence-electron chi connectivity index (χ1n) is 37.0. The molecular formula is C81H135N4O25P. The first-order valence-corrected chi connectivity index (χ1v) is 38.5. The van der Waals surface area contributed by atoms with E-state index in [9.17, 15) is 70.1 Å². The van der Waals surface area contributed by atoms with Crippen LogP contribution in [0.2, 0.25) is 0 Å². The highest BCUT2D eigenvalue weighted by Crippen LogP contribution is 2.48. The number of anilines is 4. The van der Waals surface area contributed by atoms with Crippen molar-refractivity contribution in [1.29, 1.82) is 0 Å². The molecule has 0 aliphatic carbocycles. The van der Waals surface area contributed by atoms with Crippen LogP contribution in [-0.2, 0) is 78.1 Å². The third-order valence-electron chi connectivity index (χ3n) is 15.9. The Hall–Kier alpha value is -6.03. The second-order valence-electron chi connectivity index (χ2n) is 36.1. The second-order valence-corrected chi connectivity index (χ2v) is 37.5. The lowest BCUT2D eigenvalue weighted by molar-refractivity contribution is -0.271. The molecule has 3 saturated heterocycles. The fourth-order valence-corrected chi connectivity index (χ4v) is 11.6. The molecule has 0 radical (unpaired) electrons. The summed E-state index contributed by atoms with van der Waals surface area (Å²) in [6.45, 7) is 51.4. The van der Waals surface area contributed by atoms with Crippen molar-refractivity contribution >= 4 is 42.5 Å². The van der Waals surface area contributed by atoms with Gasteiger partial charge in [-0.25, -0.2) is 14.2 Å². The van der Waals surface area contributed by atoms with Gasteiger partial charge in [0.2, 0.25) is 18.9 Å². The van der Waals surface area contributed by atoms with E-state index in [2.05, 4.69) is 87.1 Å². The van der Waals surface area contributed by atoms with Gasteiger partial charge >= 0.3 is 19.8 Å². The van der Waals surface area contributed by atoms with E-state index in [-0.39, 0.29) is 59.8 Å². The molecule has 3 heterocycles. The molecule has 0 bridgehead atoms. The van der Waals surface area contributed by atoms with Crippen molar-refractivity contribution in [2.24, 2.45) is 11.8 Å². The number of carboxylic acids is 2. The summed E-state index contributed by atoms with van der Waals surface area (Å²) in [5.74, 6) is -3.01. The van der Waals surface area contributed by atoms with Crippen LogP contribution in [0.1, 0.15) is 210 Å². The van der Waals surface area contributed by atoms with E-state index in [0.29, 0.717) is 48.3 Å². The first kappa shape index (κ1) is 99.2. The third kappa shape index (κ3) is 35.3. The van der Waals surface area contributed by atoms with E-state index in [1.807, 2.05) is 134 Å². The van der Waals surface area contributed by atoms with Gasteiger partial charge in [0, 0.05) is 39.7 Å². The molecule has 16 atom stereocenters. The van der Waals surface area contributed by atoms with Crippen LogP contribution in [0.25, 0.3) is 0 Å². The summed E-state index contributed by atoms with van der Waals surface area (Å²) in [4.78, 5) is 32.7. The second kappa shape index (κ2) is 40.5. The Bertz CT molecular complexity index is 3560. The Labute approximate surface area is 657 Å². The fourth-order valence-electron chi connectivity index (χ4n) is 10.6. The van der Waals surface area contributed by atoms with Gasteiger partial charge in [0.1, 0.15) is 53.9 Å². The molecule has 15 N–H and O–H groups in total. The first-order chi connectivity index (χ1) is 50.0. The smallest absolute Gasteiger partial charge is 0.473 e. The molecule has 16 unspecified atom stereocenters. The molecule has 0 spiro atoms. The average Bonchev–Trinajstić information content (AvgIpc) is 0.810. The Morgan fingerprint density at radius 1 is 0.405 bits per heavy atom. The molecule has 29 nitrogen and oxygen atoms in total. The number of phosphoric acid groups is 1. The van der Waals surface area contributed by atoms with Crippen LogP contribution in [-0.4, -0.2) is 199 Å². The largest absolute Gasteiger partial charge is 0.479 e. The topological polar surface area (TPSA) is 423 Å². The van der Waals surface area contributed by atoms with Gasteiger partial charge in [0.25, 0.3) is 0 Å². The molecule has 3 fully saturated rings. The molecular weight excluding hydrogens is 1460 g/mol. The summed E-state index contributed by atoms with van der Waals surface area (Å²) >= 11 is 0. The minimum Gasteiger partial charge on any atom is -0.479 e. The van der Waals surface area contributed by atoms with E-state index in [1.165, 1.54) is 17.7 Å². The number of carbonyl (C=O) groups is 2. The number of aliphatic carboxylic acids is 2. The quantitative estimate of drug-likeness (QED) is 0.0307. The maximum Gasteiger partial charge on any atom is 0.473 e. The normalized spacial score (nSPS) is 25.2. The highest BCUT2D eigenvalue weighted by molar-refractivity contribution is 7.47. The van der Waals surface area contributed by atoms with Crippen LogP contribution in [0.3, 0.4) is 0 Å². The van der Waals surface area contributed by atoms with Crippen molar-refractivity contribution in [3.63, 3.8) is 0 Å². The summed E-state index contributed by atoms with van der Waals surface area (Å²) in [6, 6.07) is 24.1. The molecule has 3 aliphatic heterocycles. The Morgan fingerprint density at radius 2 is 0.721 bits per heavy atom. The monoisotopic (exact) mass is 1590 g/mol. The van der Waals surface area contributed by atoms with E-state index in [1.54, 1.807) is 46.8 Å². The highest BCUT2D eigenvalue weighted by atomic mass is 31.2. The number of phosphoric ester groups is 1. The number of rotatable bonds is 23. The van der Waals surface area contributed by atoms with Gasteiger partial charge in [-0.2, -0.15) is 0 Å². The fraction of sp³-hybridized carbons (Fsp3) is 0.679. The zero-order valence-electron chi connectivity index (χ0n) is 69.3. The molecule has 3 aliphatic rings. The minimum absolute atomic E-state index is 0. The number of hydrogen-bond acceptors (Lipinski definition) is 26. The highest BCUT2D eigenvalue weighted by Gasteiger charge is 2.50. The predicted molar refractivity (Wildman–Crippen MR) is 426 cm³/mol. The van der Waals surface area contributed by atoms with Crippen molar-refractivity contribution in [2.45, 2.75) is 338 Å². The van der Waals surface area contributed by atoms with Gasteiger partial charge in [-0.15, -0.1) is 0 Å². The summed E-state index contributed by atoms with van der Waals surface area (Å²) in [7, 11) is -4.33. The van der Waals surface area contributed by atoms with Gasteiger partial charge in [-0.3, -0.25) is 9.05 Å². The van der Waals surface area contributed by atoms with Crippen LogP contribution in [0.5, 0.6) is 17.2 Å². The predicted octanol–water partition coefficient (Wildman–Crippen LogP) is 11.9. The van der Waals surface area contributed by atoms with Crippen molar-refractivity contribution in [2.75, 3.05) is 27.9 Å². The summed E-state index contributed by atoms with van der Waals surface area (Å²) < 4.78 is 73.5. The molecule has 0 amide bonds. The molecule has 0 saturated carbocycles. The Balaban J connectivity index is 0.000000391. The number of hydrogen-bond donors (Lipinski definition) is 15. The van der Waals surface area contributed by atoms with E-state index in [4.69, 9.17) is 51.7 Å². The molecule has 7 rings (SSSR count). The summed E-state index contributed by atoms with van der Waals surface area (Å²) in [5.41, 5.74) is 4.19. The van der Waals surface area contributed by atoms with Crippen LogP contribution < -0.4 is 35.5 Å². The van der Waals surface area contributed by atoms with Crippen molar-refractivity contribution in [1.82, 2.24) is 0 Å². The van der Waals surface area contributed by atoms with E-state index < -0.39 is 123 Å².